The van der Waals surface area contributed by atoms with E-state index in [9.17, 15) is 4.79 Å². The van der Waals surface area contributed by atoms with E-state index in [4.69, 9.17) is 0 Å². The summed E-state index contributed by atoms with van der Waals surface area (Å²) in [5, 5.41) is 0. The molecule has 1 aromatic carbocycles. The largest absolute Gasteiger partial charge is 0.299 e. The molecule has 1 aromatic rings. The van der Waals surface area contributed by atoms with E-state index in [0.717, 1.165) is 30.7 Å². The lowest BCUT2D eigenvalue weighted by Crippen LogP contribution is -2.08. The fraction of sp³-hybridized carbons (Fsp3) is 0.609. The molecule has 0 saturated heterocycles. The van der Waals surface area contributed by atoms with E-state index in [2.05, 4.69) is 40.7 Å². The Balaban J connectivity index is 0.000000470. The van der Waals surface area contributed by atoms with Gasteiger partial charge in [-0.15, -0.1) is 0 Å². The lowest BCUT2D eigenvalue weighted by molar-refractivity contribution is -0.118. The van der Waals surface area contributed by atoms with Gasteiger partial charge in [-0.25, -0.2) is 0 Å². The van der Waals surface area contributed by atoms with Gasteiger partial charge < -0.3 is 0 Å². The average Bonchev–Trinajstić information content (AvgIpc) is 2.56. The number of unbranched alkanes of at least 4 members (excludes halogenated alkanes) is 1. The lowest BCUT2D eigenvalue weighted by Gasteiger charge is -2.13. The predicted octanol–water partition coefficient (Wildman–Crippen LogP) is 7.33. The summed E-state index contributed by atoms with van der Waals surface area (Å²) in [5.41, 5.74) is 2.71. The molecule has 1 rings (SSSR count). The fourth-order valence-electron chi connectivity index (χ4n) is 2.82. The summed E-state index contributed by atoms with van der Waals surface area (Å²) in [7, 11) is 0. The highest BCUT2D eigenvalue weighted by atomic mass is 16.1. The molecule has 0 bridgehead atoms. The van der Waals surface area contributed by atoms with Crippen molar-refractivity contribution in [1.82, 2.24) is 0 Å². The van der Waals surface area contributed by atoms with Crippen molar-refractivity contribution >= 4 is 5.78 Å². The van der Waals surface area contributed by atoms with Crippen LogP contribution in [0.15, 0.2) is 42.0 Å². The third kappa shape index (κ3) is 10.4. The van der Waals surface area contributed by atoms with Gasteiger partial charge in [0, 0.05) is 5.92 Å². The van der Waals surface area contributed by atoms with E-state index in [1.54, 1.807) is 12.5 Å². The molecule has 1 heteroatoms. The van der Waals surface area contributed by atoms with Crippen molar-refractivity contribution in [3.05, 3.63) is 47.5 Å². The maximum Gasteiger partial charge on any atom is 0.137 e. The molecule has 0 saturated carbocycles. The van der Waals surface area contributed by atoms with Gasteiger partial charge in [0.05, 0.1) is 0 Å². The molecule has 0 aliphatic heterocycles. The zero-order valence-corrected chi connectivity index (χ0v) is 16.8. The Bertz CT molecular complexity index is 458. The Morgan fingerprint density at radius 1 is 1.08 bits per heavy atom. The highest BCUT2D eigenvalue weighted by Gasteiger charge is 2.14. The van der Waals surface area contributed by atoms with E-state index in [0.29, 0.717) is 0 Å². The molecular formula is C23H38O. The Hall–Kier alpha value is -1.37. The fourth-order valence-corrected chi connectivity index (χ4v) is 2.82. The normalized spacial score (nSPS) is 13.7. The highest BCUT2D eigenvalue weighted by molar-refractivity contribution is 5.83. The van der Waals surface area contributed by atoms with Crippen LogP contribution in [-0.2, 0) is 4.79 Å². The number of ketones is 1. The lowest BCUT2D eigenvalue weighted by atomic mass is 9.90. The molecule has 136 valence electrons. The molecule has 1 nitrogen and oxygen atoms in total. The molecule has 0 aliphatic carbocycles. The first-order valence-corrected chi connectivity index (χ1v) is 9.67. The Morgan fingerprint density at radius 2 is 1.71 bits per heavy atom. The second-order valence-electron chi connectivity index (χ2n) is 6.89. The SMILES string of the molecule is CC/C=C(/C)CC(C)CC.CCCCC(C(C)=O)c1ccccc1. The minimum Gasteiger partial charge on any atom is -0.299 e. The second-order valence-corrected chi connectivity index (χ2v) is 6.89. The molecule has 0 spiro atoms. The molecule has 2 atom stereocenters. The molecule has 0 aromatic heterocycles. The van der Waals surface area contributed by atoms with Crippen molar-refractivity contribution < 1.29 is 4.79 Å². The molecule has 0 fully saturated rings. The molecule has 24 heavy (non-hydrogen) atoms. The Morgan fingerprint density at radius 3 is 2.17 bits per heavy atom. The molecule has 0 aliphatic rings. The number of hydrogen-bond acceptors (Lipinski definition) is 1. The number of hydrogen-bond donors (Lipinski definition) is 0. The third-order valence-corrected chi connectivity index (χ3v) is 4.46. The number of rotatable bonds is 9. The molecule has 0 amide bonds. The third-order valence-electron chi connectivity index (χ3n) is 4.46. The van der Waals surface area contributed by atoms with Gasteiger partial charge in [0.25, 0.3) is 0 Å². The quantitative estimate of drug-likeness (QED) is 0.433. The number of benzene rings is 1. The Labute approximate surface area is 150 Å². The number of allylic oxidation sites excluding steroid dienone is 2. The van der Waals surface area contributed by atoms with Gasteiger partial charge in [0.2, 0.25) is 0 Å². The van der Waals surface area contributed by atoms with E-state index in [1.807, 2.05) is 30.3 Å². The van der Waals surface area contributed by atoms with Crippen LogP contribution in [-0.4, -0.2) is 5.78 Å². The number of carbonyl (C=O) groups is 1. The first-order valence-electron chi connectivity index (χ1n) is 9.67. The van der Waals surface area contributed by atoms with Gasteiger partial charge in [-0.3, -0.25) is 4.79 Å². The first kappa shape index (κ1) is 22.6. The first-order chi connectivity index (χ1) is 11.5. The van der Waals surface area contributed by atoms with Crippen LogP contribution in [0.2, 0.25) is 0 Å². The summed E-state index contributed by atoms with van der Waals surface area (Å²) in [6.45, 7) is 12.8. The van der Waals surface area contributed by atoms with Crippen LogP contribution in [0.25, 0.3) is 0 Å². The van der Waals surface area contributed by atoms with Gasteiger partial charge in [-0.05, 0) is 44.6 Å². The van der Waals surface area contributed by atoms with Crippen molar-refractivity contribution in [2.45, 2.75) is 86.0 Å². The van der Waals surface area contributed by atoms with Crippen LogP contribution < -0.4 is 0 Å². The minimum atomic E-state index is 0.108. The van der Waals surface area contributed by atoms with E-state index < -0.39 is 0 Å². The zero-order valence-electron chi connectivity index (χ0n) is 16.8. The Kier molecular flexibility index (Phi) is 13.2. The number of carbonyl (C=O) groups excluding carboxylic acids is 1. The smallest absolute Gasteiger partial charge is 0.137 e. The predicted molar refractivity (Wildman–Crippen MR) is 108 cm³/mol. The summed E-state index contributed by atoms with van der Waals surface area (Å²) in [6.07, 6.45) is 9.35. The zero-order chi connectivity index (χ0) is 18.4. The van der Waals surface area contributed by atoms with Gasteiger partial charge >= 0.3 is 0 Å². The van der Waals surface area contributed by atoms with Crippen LogP contribution in [0.4, 0.5) is 0 Å². The summed E-state index contributed by atoms with van der Waals surface area (Å²) < 4.78 is 0. The van der Waals surface area contributed by atoms with E-state index >= 15 is 0 Å². The minimum absolute atomic E-state index is 0.108. The van der Waals surface area contributed by atoms with Crippen molar-refractivity contribution in [3.63, 3.8) is 0 Å². The summed E-state index contributed by atoms with van der Waals surface area (Å²) >= 11 is 0. The second kappa shape index (κ2) is 14.0. The summed E-state index contributed by atoms with van der Waals surface area (Å²) in [6, 6.07) is 10.1. The molecule has 0 radical (unpaired) electrons. The van der Waals surface area contributed by atoms with Crippen molar-refractivity contribution in [1.29, 1.82) is 0 Å². The number of Topliss-reactive ketones (excluding diaryl/α,β-unsaturated/α-hetero) is 1. The van der Waals surface area contributed by atoms with Crippen LogP contribution in [0.3, 0.4) is 0 Å². The van der Waals surface area contributed by atoms with Crippen LogP contribution in [0, 0.1) is 5.92 Å². The van der Waals surface area contributed by atoms with Crippen molar-refractivity contribution in [2.75, 3.05) is 0 Å². The van der Waals surface area contributed by atoms with Gasteiger partial charge in [0.15, 0.2) is 0 Å². The topological polar surface area (TPSA) is 17.1 Å². The van der Waals surface area contributed by atoms with Crippen LogP contribution in [0.5, 0.6) is 0 Å². The average molecular weight is 331 g/mol. The van der Waals surface area contributed by atoms with Crippen LogP contribution in [0.1, 0.15) is 91.5 Å². The molecule has 0 N–H and O–H groups in total. The summed E-state index contributed by atoms with van der Waals surface area (Å²) in [5.74, 6) is 1.25. The molecule has 0 heterocycles. The van der Waals surface area contributed by atoms with Gasteiger partial charge in [-0.2, -0.15) is 0 Å². The maximum absolute atomic E-state index is 11.5. The monoisotopic (exact) mass is 330 g/mol. The standard InChI is InChI=1S/C13H18O.C10H20/c1-3-4-10-13(11(2)14)12-8-6-5-7-9-12;1-5-7-10(4)8-9(3)6-2/h5-9,13H,3-4,10H2,1-2H3;7,9H,5-6,8H2,1-4H3/b;10-7-. The van der Waals surface area contributed by atoms with Gasteiger partial charge in [0.1, 0.15) is 5.78 Å². The van der Waals surface area contributed by atoms with Crippen molar-refractivity contribution in [2.24, 2.45) is 5.92 Å². The van der Waals surface area contributed by atoms with E-state index in [1.165, 1.54) is 19.3 Å². The van der Waals surface area contributed by atoms with Gasteiger partial charge in [-0.1, -0.05) is 88.9 Å². The molecular weight excluding hydrogens is 292 g/mol. The van der Waals surface area contributed by atoms with Crippen molar-refractivity contribution in [3.8, 4) is 0 Å². The summed E-state index contributed by atoms with van der Waals surface area (Å²) in [4.78, 5) is 11.5. The van der Waals surface area contributed by atoms with Crippen LogP contribution >= 0.6 is 0 Å². The van der Waals surface area contributed by atoms with E-state index in [-0.39, 0.29) is 11.7 Å². The highest BCUT2D eigenvalue weighted by Crippen LogP contribution is 2.22. The maximum atomic E-state index is 11.5. The molecule has 2 unspecified atom stereocenters.